The molecule has 0 unspecified atom stereocenters. The molecule has 0 aliphatic rings. The Hall–Kier alpha value is -1.12. The van der Waals surface area contributed by atoms with Crippen LogP contribution in [0.25, 0.3) is 10.9 Å². The van der Waals surface area contributed by atoms with Gasteiger partial charge in [0.25, 0.3) is 0 Å². The first-order valence-corrected chi connectivity index (χ1v) is 5.70. The topological polar surface area (TPSA) is 24.9 Å². The monoisotopic (exact) mass is 234 g/mol. The maximum Gasteiger partial charge on any atom is 0.0738 e. The largest absolute Gasteiger partial charge is 0.316 e. The molecule has 0 bridgehead atoms. The minimum Gasteiger partial charge on any atom is -0.316 e. The third-order valence-corrected chi connectivity index (χ3v) is 2.87. The van der Waals surface area contributed by atoms with Crippen LogP contribution in [0.5, 0.6) is 0 Å². The predicted octanol–water partition coefficient (Wildman–Crippen LogP) is 3.22. The number of nitrogens with zero attached hydrogens (tertiary/aromatic N) is 1. The van der Waals surface area contributed by atoms with Gasteiger partial charge in [-0.2, -0.15) is 0 Å². The summed E-state index contributed by atoms with van der Waals surface area (Å²) in [6.45, 7) is 4.90. The summed E-state index contributed by atoms with van der Waals surface area (Å²) in [5.41, 5.74) is 4.47. The van der Waals surface area contributed by atoms with Crippen LogP contribution in [0.2, 0.25) is 5.02 Å². The number of hydrogen-bond acceptors (Lipinski definition) is 2. The molecular formula is C13H15ClN2. The van der Waals surface area contributed by atoms with Crippen molar-refractivity contribution in [1.82, 2.24) is 10.3 Å². The van der Waals surface area contributed by atoms with Gasteiger partial charge in [0.15, 0.2) is 0 Å². The second-order valence-electron chi connectivity index (χ2n) is 4.07. The van der Waals surface area contributed by atoms with E-state index < -0.39 is 0 Å². The number of pyridine rings is 1. The standard InChI is InChI=1S/C13H15ClN2/c1-8-4-11(14)6-12-10(7-15-3)5-9(2)16-13(8)12/h4-6,15H,7H2,1-3H3. The van der Waals surface area contributed by atoms with E-state index in [-0.39, 0.29) is 0 Å². The summed E-state index contributed by atoms with van der Waals surface area (Å²) in [4.78, 5) is 4.57. The van der Waals surface area contributed by atoms with Gasteiger partial charge in [-0.05, 0) is 50.2 Å². The van der Waals surface area contributed by atoms with Crippen molar-refractivity contribution in [3.05, 3.63) is 40.0 Å². The molecule has 16 heavy (non-hydrogen) atoms. The van der Waals surface area contributed by atoms with Crippen LogP contribution in [-0.2, 0) is 6.54 Å². The molecule has 0 amide bonds. The van der Waals surface area contributed by atoms with Crippen molar-refractivity contribution in [2.24, 2.45) is 0 Å². The van der Waals surface area contributed by atoms with Crippen molar-refractivity contribution in [3.63, 3.8) is 0 Å². The van der Waals surface area contributed by atoms with Crippen molar-refractivity contribution in [2.45, 2.75) is 20.4 Å². The SMILES string of the molecule is CNCc1cc(C)nc2c(C)cc(Cl)cc12. The van der Waals surface area contributed by atoms with Gasteiger partial charge in [-0.3, -0.25) is 4.98 Å². The molecule has 0 saturated heterocycles. The van der Waals surface area contributed by atoms with E-state index in [9.17, 15) is 0 Å². The molecule has 1 aromatic carbocycles. The van der Waals surface area contributed by atoms with Crippen LogP contribution in [0, 0.1) is 13.8 Å². The van der Waals surface area contributed by atoms with E-state index in [1.807, 2.05) is 33.0 Å². The Morgan fingerprint density at radius 2 is 2.00 bits per heavy atom. The number of fused-ring (bicyclic) bond motifs is 1. The molecule has 0 spiro atoms. The Bertz CT molecular complexity index is 535. The van der Waals surface area contributed by atoms with Gasteiger partial charge in [-0.25, -0.2) is 0 Å². The summed E-state index contributed by atoms with van der Waals surface area (Å²) in [6, 6.07) is 6.05. The molecule has 0 aliphatic heterocycles. The number of nitrogens with one attached hydrogen (secondary N) is 1. The second-order valence-corrected chi connectivity index (χ2v) is 4.51. The first-order valence-electron chi connectivity index (χ1n) is 5.33. The van der Waals surface area contributed by atoms with Gasteiger partial charge in [-0.1, -0.05) is 11.6 Å². The normalized spacial score (nSPS) is 11.0. The summed E-state index contributed by atoms with van der Waals surface area (Å²) in [5, 5.41) is 5.09. The van der Waals surface area contributed by atoms with E-state index in [4.69, 9.17) is 11.6 Å². The second kappa shape index (κ2) is 4.40. The van der Waals surface area contributed by atoms with E-state index in [0.717, 1.165) is 33.7 Å². The molecule has 84 valence electrons. The lowest BCUT2D eigenvalue weighted by atomic mass is 10.0. The van der Waals surface area contributed by atoms with Gasteiger partial charge in [0.1, 0.15) is 0 Å². The maximum atomic E-state index is 6.09. The highest BCUT2D eigenvalue weighted by molar-refractivity contribution is 6.31. The molecule has 0 saturated carbocycles. The van der Waals surface area contributed by atoms with Gasteiger partial charge in [0, 0.05) is 22.6 Å². The van der Waals surface area contributed by atoms with E-state index >= 15 is 0 Å². The average molecular weight is 235 g/mol. The van der Waals surface area contributed by atoms with Crippen LogP contribution < -0.4 is 5.32 Å². The molecule has 1 heterocycles. The fourth-order valence-corrected chi connectivity index (χ4v) is 2.28. The fraction of sp³-hybridized carbons (Fsp3) is 0.308. The molecule has 3 heteroatoms. The zero-order valence-corrected chi connectivity index (χ0v) is 10.5. The molecule has 0 radical (unpaired) electrons. The molecule has 0 fully saturated rings. The van der Waals surface area contributed by atoms with Crippen molar-refractivity contribution >= 4 is 22.5 Å². The zero-order chi connectivity index (χ0) is 11.7. The minimum absolute atomic E-state index is 0.771. The Kier molecular flexibility index (Phi) is 3.13. The number of aromatic nitrogens is 1. The van der Waals surface area contributed by atoms with Crippen molar-refractivity contribution in [2.75, 3.05) is 7.05 Å². The van der Waals surface area contributed by atoms with E-state index in [0.29, 0.717) is 0 Å². The molecule has 0 atom stereocenters. The smallest absolute Gasteiger partial charge is 0.0738 e. The number of benzene rings is 1. The van der Waals surface area contributed by atoms with E-state index in [1.54, 1.807) is 0 Å². The third kappa shape index (κ3) is 2.04. The Balaban J connectivity index is 2.78. The number of aryl methyl sites for hydroxylation is 2. The minimum atomic E-state index is 0.771. The predicted molar refractivity (Wildman–Crippen MR) is 69.0 cm³/mol. The van der Waals surface area contributed by atoms with Crippen molar-refractivity contribution < 1.29 is 0 Å². The van der Waals surface area contributed by atoms with Crippen LogP contribution in [0.4, 0.5) is 0 Å². The van der Waals surface area contributed by atoms with Crippen LogP contribution in [0.15, 0.2) is 18.2 Å². The fourth-order valence-electron chi connectivity index (χ4n) is 2.00. The van der Waals surface area contributed by atoms with E-state index in [2.05, 4.69) is 16.4 Å². The lowest BCUT2D eigenvalue weighted by Gasteiger charge is -2.10. The first-order chi connectivity index (χ1) is 7.61. The Morgan fingerprint density at radius 3 is 2.69 bits per heavy atom. The Labute approximate surface area is 101 Å². The number of rotatable bonds is 2. The van der Waals surface area contributed by atoms with Gasteiger partial charge < -0.3 is 5.32 Å². The molecule has 2 rings (SSSR count). The van der Waals surface area contributed by atoms with Crippen LogP contribution >= 0.6 is 11.6 Å². The van der Waals surface area contributed by atoms with Crippen LogP contribution in [-0.4, -0.2) is 12.0 Å². The lowest BCUT2D eigenvalue weighted by molar-refractivity contribution is 0.821. The highest BCUT2D eigenvalue weighted by Crippen LogP contribution is 2.25. The number of halogens is 1. The summed E-state index contributed by atoms with van der Waals surface area (Å²) < 4.78 is 0. The lowest BCUT2D eigenvalue weighted by Crippen LogP contribution is -2.06. The number of hydrogen-bond donors (Lipinski definition) is 1. The zero-order valence-electron chi connectivity index (χ0n) is 9.76. The van der Waals surface area contributed by atoms with E-state index in [1.165, 1.54) is 5.56 Å². The molecule has 1 aromatic heterocycles. The maximum absolute atomic E-state index is 6.09. The van der Waals surface area contributed by atoms with Crippen LogP contribution in [0.1, 0.15) is 16.8 Å². The quantitative estimate of drug-likeness (QED) is 0.863. The average Bonchev–Trinajstić information content (AvgIpc) is 2.20. The van der Waals surface area contributed by atoms with Gasteiger partial charge in [0.05, 0.1) is 5.52 Å². The summed E-state index contributed by atoms with van der Waals surface area (Å²) in [6.07, 6.45) is 0. The molecular weight excluding hydrogens is 220 g/mol. The van der Waals surface area contributed by atoms with Gasteiger partial charge in [-0.15, -0.1) is 0 Å². The van der Waals surface area contributed by atoms with Crippen molar-refractivity contribution in [3.8, 4) is 0 Å². The summed E-state index contributed by atoms with van der Waals surface area (Å²) >= 11 is 6.09. The molecule has 1 N–H and O–H groups in total. The third-order valence-electron chi connectivity index (χ3n) is 2.65. The molecule has 2 aromatic rings. The van der Waals surface area contributed by atoms with Crippen LogP contribution in [0.3, 0.4) is 0 Å². The van der Waals surface area contributed by atoms with Gasteiger partial charge in [0.2, 0.25) is 0 Å². The molecule has 0 aliphatic carbocycles. The first kappa shape index (κ1) is 11.4. The summed E-state index contributed by atoms with van der Waals surface area (Å²) in [7, 11) is 1.94. The molecule has 2 nitrogen and oxygen atoms in total. The van der Waals surface area contributed by atoms with Crippen molar-refractivity contribution in [1.29, 1.82) is 0 Å². The highest BCUT2D eigenvalue weighted by Gasteiger charge is 2.07. The highest BCUT2D eigenvalue weighted by atomic mass is 35.5. The summed E-state index contributed by atoms with van der Waals surface area (Å²) in [5.74, 6) is 0. The van der Waals surface area contributed by atoms with Gasteiger partial charge >= 0.3 is 0 Å². The Morgan fingerprint density at radius 1 is 1.25 bits per heavy atom.